The lowest BCUT2D eigenvalue weighted by Crippen LogP contribution is -2.29. The third kappa shape index (κ3) is 4.44. The third-order valence-corrected chi connectivity index (χ3v) is 5.16. The zero-order valence-corrected chi connectivity index (χ0v) is 15.5. The molecule has 0 aromatic carbocycles. The topological polar surface area (TPSA) is 66.0 Å². The molecule has 0 unspecified atom stereocenters. The Hall–Kier alpha value is -2.06. The lowest BCUT2D eigenvalue weighted by molar-refractivity contribution is 0.0256. The summed E-state index contributed by atoms with van der Waals surface area (Å²) in [6.45, 7) is 1.74. The maximum absolute atomic E-state index is 13.7. The molecule has 2 aromatic heterocycles. The van der Waals surface area contributed by atoms with Crippen molar-refractivity contribution >= 4 is 29.2 Å². The van der Waals surface area contributed by atoms with Crippen molar-refractivity contribution in [1.29, 1.82) is 0 Å². The summed E-state index contributed by atoms with van der Waals surface area (Å²) in [7, 11) is 0. The van der Waals surface area contributed by atoms with E-state index in [1.165, 1.54) is 0 Å². The second-order valence-corrected chi connectivity index (χ2v) is 7.45. The number of aromatic nitrogens is 3. The second kappa shape index (κ2) is 7.52. The van der Waals surface area contributed by atoms with E-state index in [2.05, 4.69) is 25.6 Å². The number of hydrogen-bond donors (Lipinski definition) is 2. The number of piperidine rings is 1. The van der Waals surface area contributed by atoms with Gasteiger partial charge in [0.25, 0.3) is 5.92 Å². The van der Waals surface area contributed by atoms with Gasteiger partial charge in [-0.15, -0.1) is 0 Å². The molecule has 27 heavy (non-hydrogen) atoms. The first-order chi connectivity index (χ1) is 13.0. The molecule has 0 amide bonds. The van der Waals surface area contributed by atoms with Crippen LogP contribution in [0.15, 0.2) is 24.4 Å². The summed E-state index contributed by atoms with van der Waals surface area (Å²) in [4.78, 5) is 14.9. The van der Waals surface area contributed by atoms with Crippen LogP contribution in [0.3, 0.4) is 0 Å². The van der Waals surface area contributed by atoms with Gasteiger partial charge in [0.2, 0.25) is 5.95 Å². The van der Waals surface area contributed by atoms with Gasteiger partial charge in [0.05, 0.1) is 12.2 Å². The van der Waals surface area contributed by atoms with Crippen LogP contribution in [0, 0.1) is 0 Å². The number of nitrogens with zero attached hydrogens (tertiary/aromatic N) is 4. The van der Waals surface area contributed by atoms with Gasteiger partial charge < -0.3 is 15.5 Å². The molecule has 144 valence electrons. The quantitative estimate of drug-likeness (QED) is 0.826. The van der Waals surface area contributed by atoms with E-state index in [0.29, 0.717) is 22.6 Å². The van der Waals surface area contributed by atoms with Crippen LogP contribution in [-0.2, 0) is 0 Å². The van der Waals surface area contributed by atoms with E-state index < -0.39 is 5.92 Å². The fourth-order valence-corrected chi connectivity index (χ4v) is 3.66. The van der Waals surface area contributed by atoms with Gasteiger partial charge >= 0.3 is 0 Å². The fraction of sp³-hybridized carbons (Fsp3) is 0.500. The highest BCUT2D eigenvalue weighted by Crippen LogP contribution is 2.32. The summed E-state index contributed by atoms with van der Waals surface area (Å²) in [5.74, 6) is -0.985. The Balaban J connectivity index is 1.65. The number of hydrogen-bond acceptors (Lipinski definition) is 6. The first kappa shape index (κ1) is 18.3. The number of halogens is 3. The molecule has 9 heteroatoms. The second-order valence-electron chi connectivity index (χ2n) is 7.01. The SMILES string of the molecule is FC1(F)CCN(c2nc(Nc3cc(Cl)ccn3)cc(C3CCNCC3)n2)C1. The molecule has 0 saturated carbocycles. The maximum Gasteiger partial charge on any atom is 0.267 e. The number of alkyl halides is 2. The van der Waals surface area contributed by atoms with E-state index in [1.54, 1.807) is 23.2 Å². The predicted octanol–water partition coefficient (Wildman–Crippen LogP) is 3.58. The zero-order valence-electron chi connectivity index (χ0n) is 14.8. The normalized spacial score (nSPS) is 20.0. The van der Waals surface area contributed by atoms with Crippen molar-refractivity contribution < 1.29 is 8.78 Å². The summed E-state index contributed by atoms with van der Waals surface area (Å²) in [6, 6.07) is 5.26. The first-order valence-electron chi connectivity index (χ1n) is 9.10. The van der Waals surface area contributed by atoms with Crippen molar-refractivity contribution in [3.63, 3.8) is 0 Å². The van der Waals surface area contributed by atoms with Crippen LogP contribution in [0.25, 0.3) is 0 Å². The molecular weight excluding hydrogens is 374 g/mol. The van der Waals surface area contributed by atoms with Crippen LogP contribution < -0.4 is 15.5 Å². The van der Waals surface area contributed by atoms with Gasteiger partial charge in [0.1, 0.15) is 11.6 Å². The molecule has 6 nitrogen and oxygen atoms in total. The van der Waals surface area contributed by atoms with Gasteiger partial charge in [-0.1, -0.05) is 11.6 Å². The van der Waals surface area contributed by atoms with E-state index >= 15 is 0 Å². The maximum atomic E-state index is 13.7. The van der Waals surface area contributed by atoms with Gasteiger partial charge in [0.15, 0.2) is 0 Å². The molecule has 0 atom stereocenters. The van der Waals surface area contributed by atoms with E-state index in [-0.39, 0.29) is 25.4 Å². The molecule has 2 fully saturated rings. The summed E-state index contributed by atoms with van der Waals surface area (Å²) in [6.07, 6.45) is 3.34. The van der Waals surface area contributed by atoms with Crippen molar-refractivity contribution in [1.82, 2.24) is 20.3 Å². The molecule has 2 N–H and O–H groups in total. The summed E-state index contributed by atoms with van der Waals surface area (Å²) >= 11 is 6.02. The van der Waals surface area contributed by atoms with Crippen LogP contribution in [0.4, 0.5) is 26.4 Å². The number of pyridine rings is 1. The minimum Gasteiger partial charge on any atom is -0.334 e. The zero-order chi connectivity index (χ0) is 18.9. The van der Waals surface area contributed by atoms with Crippen molar-refractivity contribution in [3.8, 4) is 0 Å². The van der Waals surface area contributed by atoms with Crippen LogP contribution in [0.2, 0.25) is 5.02 Å². The van der Waals surface area contributed by atoms with Gasteiger partial charge in [-0.2, -0.15) is 4.98 Å². The Kier molecular flexibility index (Phi) is 5.10. The first-order valence-corrected chi connectivity index (χ1v) is 9.47. The lowest BCUT2D eigenvalue weighted by atomic mass is 9.94. The number of anilines is 3. The van der Waals surface area contributed by atoms with Gasteiger partial charge in [-0.3, -0.25) is 0 Å². The van der Waals surface area contributed by atoms with Crippen LogP contribution >= 0.6 is 11.6 Å². The van der Waals surface area contributed by atoms with E-state index in [0.717, 1.165) is 31.6 Å². The van der Waals surface area contributed by atoms with Crippen LogP contribution in [-0.4, -0.2) is 47.1 Å². The Labute approximate surface area is 161 Å². The van der Waals surface area contributed by atoms with Crippen molar-refractivity contribution in [2.45, 2.75) is 31.1 Å². The Morgan fingerprint density at radius 2 is 2.00 bits per heavy atom. The van der Waals surface area contributed by atoms with Gasteiger partial charge in [-0.25, -0.2) is 18.7 Å². The fourth-order valence-electron chi connectivity index (χ4n) is 3.50. The molecule has 2 aliphatic rings. The summed E-state index contributed by atoms with van der Waals surface area (Å²) in [5.41, 5.74) is 0.876. The van der Waals surface area contributed by atoms with Crippen molar-refractivity contribution in [3.05, 3.63) is 35.1 Å². The number of nitrogens with one attached hydrogen (secondary N) is 2. The highest BCUT2D eigenvalue weighted by molar-refractivity contribution is 6.30. The molecule has 2 aliphatic heterocycles. The minimum absolute atomic E-state index is 0.174. The Morgan fingerprint density at radius 1 is 1.19 bits per heavy atom. The predicted molar refractivity (Wildman–Crippen MR) is 101 cm³/mol. The van der Waals surface area contributed by atoms with Gasteiger partial charge in [0, 0.05) is 36.2 Å². The average molecular weight is 395 g/mol. The highest BCUT2D eigenvalue weighted by Gasteiger charge is 2.39. The molecule has 2 aromatic rings. The van der Waals surface area contributed by atoms with Crippen molar-refractivity contribution in [2.24, 2.45) is 0 Å². The number of rotatable bonds is 4. The van der Waals surface area contributed by atoms with Crippen molar-refractivity contribution in [2.75, 3.05) is 36.4 Å². The average Bonchev–Trinajstić information content (AvgIpc) is 3.02. The largest absolute Gasteiger partial charge is 0.334 e. The molecule has 0 aliphatic carbocycles. The molecule has 0 bridgehead atoms. The lowest BCUT2D eigenvalue weighted by Gasteiger charge is -2.24. The molecular formula is C18H21ClF2N6. The van der Waals surface area contributed by atoms with E-state index in [4.69, 9.17) is 11.6 Å². The minimum atomic E-state index is -2.70. The Morgan fingerprint density at radius 3 is 2.70 bits per heavy atom. The smallest absolute Gasteiger partial charge is 0.267 e. The van der Waals surface area contributed by atoms with Gasteiger partial charge in [-0.05, 0) is 38.1 Å². The summed E-state index contributed by atoms with van der Waals surface area (Å²) < 4.78 is 27.4. The third-order valence-electron chi connectivity index (χ3n) is 4.92. The molecule has 4 heterocycles. The van der Waals surface area contributed by atoms with Crippen LogP contribution in [0.1, 0.15) is 30.9 Å². The molecule has 0 radical (unpaired) electrons. The molecule has 4 rings (SSSR count). The molecule has 2 saturated heterocycles. The monoisotopic (exact) mass is 394 g/mol. The Bertz CT molecular complexity index is 812. The van der Waals surface area contributed by atoms with E-state index in [1.807, 2.05) is 6.07 Å². The standard InChI is InChI=1S/C18H21ClF2N6/c19-13-3-7-23-15(9-13)25-16-10-14(12-1-5-22-6-2-12)24-17(26-16)27-8-4-18(20,21)11-27/h3,7,9-10,12,22H,1-2,4-6,8,11H2,(H,23,24,25,26). The summed E-state index contributed by atoms with van der Waals surface area (Å²) in [5, 5.41) is 7.02. The van der Waals surface area contributed by atoms with E-state index in [9.17, 15) is 8.78 Å². The highest BCUT2D eigenvalue weighted by atomic mass is 35.5. The van der Waals surface area contributed by atoms with Crippen LogP contribution in [0.5, 0.6) is 0 Å². The molecule has 0 spiro atoms.